The second-order valence-electron chi connectivity index (χ2n) is 5.63. The van der Waals surface area contributed by atoms with Crippen molar-refractivity contribution in [2.24, 2.45) is 5.92 Å². The Morgan fingerprint density at radius 1 is 1.23 bits per heavy atom. The molecular weight excluding hydrogens is 338 g/mol. The third-order valence-corrected chi connectivity index (χ3v) is 6.55. The Morgan fingerprint density at radius 2 is 1.91 bits per heavy atom. The molecule has 1 heterocycles. The first-order chi connectivity index (χ1) is 10.2. The highest BCUT2D eigenvalue weighted by Crippen LogP contribution is 2.60. The molecule has 3 N–H and O–H groups in total. The van der Waals surface area contributed by atoms with E-state index in [0.717, 1.165) is 13.5 Å². The predicted octanol–water partition coefficient (Wildman–Crippen LogP) is 1.58. The van der Waals surface area contributed by atoms with Crippen LogP contribution in [0.4, 0.5) is 0 Å². The summed E-state index contributed by atoms with van der Waals surface area (Å²) in [7, 11) is -8.56. The van der Waals surface area contributed by atoms with Crippen LogP contribution in [0.5, 0.6) is 0 Å². The average molecular weight is 360 g/mol. The van der Waals surface area contributed by atoms with Crippen molar-refractivity contribution in [2.45, 2.75) is 50.4 Å². The van der Waals surface area contributed by atoms with E-state index in [9.17, 15) is 19.1 Å². The maximum atomic E-state index is 11.5. The highest BCUT2D eigenvalue weighted by atomic mass is 31.3. The smallest absolute Gasteiger partial charge is 0.390 e. The van der Waals surface area contributed by atoms with E-state index in [-0.39, 0.29) is 6.10 Å². The van der Waals surface area contributed by atoms with Crippen LogP contribution in [0.2, 0.25) is 0 Å². The average Bonchev–Trinajstić information content (AvgIpc) is 2.71. The van der Waals surface area contributed by atoms with Gasteiger partial charge in [0, 0.05) is 13.5 Å². The summed E-state index contributed by atoms with van der Waals surface area (Å²) in [6.07, 6.45) is 3.17. The van der Waals surface area contributed by atoms with Gasteiger partial charge in [-0.05, 0) is 12.3 Å². The molecular formula is C11H22O9P2. The summed E-state index contributed by atoms with van der Waals surface area (Å²) in [5.41, 5.74) is 0. The van der Waals surface area contributed by atoms with Crippen molar-refractivity contribution >= 4 is 15.6 Å². The lowest BCUT2D eigenvalue weighted by Crippen LogP contribution is -2.26. The number of phosphoric ester groups is 2. The predicted molar refractivity (Wildman–Crippen MR) is 74.9 cm³/mol. The second-order valence-corrected chi connectivity index (χ2v) is 8.78. The van der Waals surface area contributed by atoms with E-state index < -0.39 is 34.5 Å². The molecule has 0 aromatic heterocycles. The van der Waals surface area contributed by atoms with Gasteiger partial charge in [-0.15, -0.1) is 0 Å². The molecule has 2 fully saturated rings. The Morgan fingerprint density at radius 3 is 2.45 bits per heavy atom. The Balaban J connectivity index is 1.78. The van der Waals surface area contributed by atoms with E-state index in [1.54, 1.807) is 0 Å². The minimum absolute atomic E-state index is 0.101. The van der Waals surface area contributed by atoms with Crippen molar-refractivity contribution in [3.8, 4) is 0 Å². The van der Waals surface area contributed by atoms with Crippen LogP contribution in [0.3, 0.4) is 0 Å². The summed E-state index contributed by atoms with van der Waals surface area (Å²) in [6.45, 7) is -0.417. The van der Waals surface area contributed by atoms with Gasteiger partial charge in [-0.1, -0.05) is 19.3 Å². The van der Waals surface area contributed by atoms with Crippen LogP contribution < -0.4 is 0 Å². The van der Waals surface area contributed by atoms with Crippen LogP contribution in [0.1, 0.15) is 32.1 Å². The Bertz CT molecular complexity index is 466. The molecule has 1 saturated heterocycles. The number of phosphoric acid groups is 2. The molecule has 0 radical (unpaired) electrons. The Kier molecular flexibility index (Phi) is 6.21. The van der Waals surface area contributed by atoms with E-state index in [2.05, 4.69) is 13.4 Å². The molecule has 0 aromatic rings. The maximum absolute atomic E-state index is 11.5. The van der Waals surface area contributed by atoms with Crippen LogP contribution in [0.15, 0.2) is 0 Å². The highest BCUT2D eigenvalue weighted by molar-refractivity contribution is 7.61. The topological polar surface area (TPSA) is 132 Å². The van der Waals surface area contributed by atoms with Crippen LogP contribution in [-0.2, 0) is 27.2 Å². The van der Waals surface area contributed by atoms with Gasteiger partial charge in [-0.3, -0.25) is 9.05 Å². The number of ether oxygens (including phenoxy) is 1. The van der Waals surface area contributed by atoms with E-state index in [1.807, 2.05) is 0 Å². The second kappa shape index (κ2) is 7.38. The van der Waals surface area contributed by atoms with Gasteiger partial charge in [-0.2, -0.15) is 4.31 Å². The third kappa shape index (κ3) is 5.37. The molecule has 3 unspecified atom stereocenters. The number of aliphatic hydroxyl groups excluding tert-OH is 1. The number of hydrogen-bond donors (Lipinski definition) is 3. The van der Waals surface area contributed by atoms with Crippen LogP contribution in [-0.4, -0.2) is 46.9 Å². The van der Waals surface area contributed by atoms with Gasteiger partial charge >= 0.3 is 15.6 Å². The fourth-order valence-corrected chi connectivity index (χ4v) is 4.41. The summed E-state index contributed by atoms with van der Waals surface area (Å²) in [4.78, 5) is 18.3. The molecule has 0 spiro atoms. The van der Waals surface area contributed by atoms with Crippen molar-refractivity contribution < 1.29 is 42.1 Å². The SMILES string of the molecule is COP(=O)(O)OP(=O)(O)OC[C@H]1O[C@@H](CC2CCC2)CC1O. The lowest BCUT2D eigenvalue weighted by Gasteiger charge is -2.27. The first-order valence-electron chi connectivity index (χ1n) is 7.11. The van der Waals surface area contributed by atoms with Crippen molar-refractivity contribution in [1.29, 1.82) is 0 Å². The fraction of sp³-hybridized carbons (Fsp3) is 1.00. The molecule has 2 rings (SSSR count). The fourth-order valence-electron chi connectivity index (χ4n) is 2.57. The zero-order valence-corrected chi connectivity index (χ0v) is 14.0. The molecule has 5 atom stereocenters. The molecule has 2 aliphatic rings. The zero-order valence-electron chi connectivity index (χ0n) is 12.2. The molecule has 0 bridgehead atoms. The van der Waals surface area contributed by atoms with Gasteiger partial charge in [0.1, 0.15) is 6.10 Å². The van der Waals surface area contributed by atoms with Crippen LogP contribution in [0.25, 0.3) is 0 Å². The lowest BCUT2D eigenvalue weighted by atomic mass is 9.81. The van der Waals surface area contributed by atoms with Crippen molar-refractivity contribution in [1.82, 2.24) is 0 Å². The number of rotatable bonds is 8. The summed E-state index contributed by atoms with van der Waals surface area (Å²) >= 11 is 0. The largest absolute Gasteiger partial charge is 0.481 e. The summed E-state index contributed by atoms with van der Waals surface area (Å²) in [6, 6.07) is 0. The highest BCUT2D eigenvalue weighted by Gasteiger charge is 2.40. The first kappa shape index (κ1) is 18.5. The van der Waals surface area contributed by atoms with Gasteiger partial charge in [0.25, 0.3) is 0 Å². The molecule has 1 saturated carbocycles. The maximum Gasteiger partial charge on any atom is 0.481 e. The molecule has 1 aliphatic heterocycles. The van der Waals surface area contributed by atoms with Crippen molar-refractivity contribution in [3.63, 3.8) is 0 Å². The van der Waals surface area contributed by atoms with E-state index >= 15 is 0 Å². The minimum atomic E-state index is -4.78. The Hall–Kier alpha value is 0.180. The van der Waals surface area contributed by atoms with Gasteiger partial charge in [0.15, 0.2) is 0 Å². The summed E-state index contributed by atoms with van der Waals surface area (Å²) in [5.74, 6) is 0.617. The molecule has 11 heteroatoms. The van der Waals surface area contributed by atoms with Gasteiger partial charge in [0.2, 0.25) is 0 Å². The van der Waals surface area contributed by atoms with E-state index in [1.165, 1.54) is 19.3 Å². The molecule has 130 valence electrons. The lowest BCUT2D eigenvalue weighted by molar-refractivity contribution is -0.0299. The molecule has 0 amide bonds. The van der Waals surface area contributed by atoms with Crippen molar-refractivity contribution in [2.75, 3.05) is 13.7 Å². The molecule has 0 aromatic carbocycles. The number of hydrogen-bond acceptors (Lipinski definition) is 7. The monoisotopic (exact) mass is 360 g/mol. The van der Waals surface area contributed by atoms with Gasteiger partial charge in [-0.25, -0.2) is 9.13 Å². The third-order valence-electron chi connectivity index (χ3n) is 3.96. The molecule has 1 aliphatic carbocycles. The summed E-state index contributed by atoms with van der Waals surface area (Å²) < 4.78 is 40.9. The van der Waals surface area contributed by atoms with E-state index in [0.29, 0.717) is 12.3 Å². The van der Waals surface area contributed by atoms with E-state index in [4.69, 9.17) is 9.63 Å². The molecule has 22 heavy (non-hydrogen) atoms. The number of aliphatic hydroxyl groups is 1. The first-order valence-corrected chi connectivity index (χ1v) is 10.1. The van der Waals surface area contributed by atoms with Crippen LogP contribution >= 0.6 is 15.6 Å². The van der Waals surface area contributed by atoms with Crippen molar-refractivity contribution in [3.05, 3.63) is 0 Å². The normalized spacial score (nSPS) is 34.8. The zero-order chi connectivity index (χ0) is 16.4. The van der Waals surface area contributed by atoms with Gasteiger partial charge < -0.3 is 19.6 Å². The Labute approximate surface area is 128 Å². The quantitative estimate of drug-likeness (QED) is 0.552. The van der Waals surface area contributed by atoms with Crippen LogP contribution in [0, 0.1) is 5.92 Å². The minimum Gasteiger partial charge on any atom is -0.390 e. The summed E-state index contributed by atoms with van der Waals surface area (Å²) in [5, 5.41) is 9.89. The standard InChI is InChI=1S/C11H22O9P2/c1-17-21(13,14)20-22(15,16)18-7-11-10(12)6-9(19-11)5-8-3-2-4-8/h8-12H,2-7H2,1H3,(H,13,14)(H,15,16)/t9-,10?,11+/m0/s1. The van der Waals surface area contributed by atoms with Gasteiger partial charge in [0.05, 0.1) is 18.8 Å². The molecule has 9 nitrogen and oxygen atoms in total.